The van der Waals surface area contributed by atoms with Crippen LogP contribution < -0.4 is 10.1 Å². The topological polar surface area (TPSA) is 92.8 Å². The third-order valence-electron chi connectivity index (χ3n) is 3.96. The van der Waals surface area contributed by atoms with Crippen LogP contribution in [0.5, 0.6) is 5.75 Å². The normalized spacial score (nSPS) is 24.4. The number of carbonyl (C=O) groups excluding carboxylic acids is 4. The van der Waals surface area contributed by atoms with Crippen LogP contribution in [0.2, 0.25) is 0 Å². The lowest BCUT2D eigenvalue weighted by atomic mass is 9.73. The monoisotopic (exact) mass is 288 g/mol. The van der Waals surface area contributed by atoms with E-state index in [1.165, 1.54) is 26.3 Å². The molecule has 3 rings (SSSR count). The van der Waals surface area contributed by atoms with Crippen molar-refractivity contribution >= 4 is 23.6 Å². The standard InChI is InChI=1S/C14H12N2O5/c1-16-11(18)8-5-7(21-2)3-4-9(8)14(13(16)20)6-10(17)15-12(14)19/h3-5H,6H2,1-2H3,(H,15,17,19). The minimum Gasteiger partial charge on any atom is -0.497 e. The van der Waals surface area contributed by atoms with Gasteiger partial charge in [0.2, 0.25) is 17.7 Å². The second kappa shape index (κ2) is 4.15. The number of hydrogen-bond donors (Lipinski definition) is 1. The molecule has 0 bridgehead atoms. The number of hydrogen-bond acceptors (Lipinski definition) is 5. The van der Waals surface area contributed by atoms with Gasteiger partial charge in [-0.1, -0.05) is 6.07 Å². The molecule has 7 heteroatoms. The summed E-state index contributed by atoms with van der Waals surface area (Å²) < 4.78 is 5.07. The fraction of sp³-hybridized carbons (Fsp3) is 0.286. The van der Waals surface area contributed by atoms with E-state index in [1.54, 1.807) is 6.07 Å². The molecule has 2 aliphatic heterocycles. The van der Waals surface area contributed by atoms with Crippen LogP contribution in [0.25, 0.3) is 0 Å². The van der Waals surface area contributed by atoms with Crippen molar-refractivity contribution in [3.8, 4) is 5.75 Å². The van der Waals surface area contributed by atoms with Gasteiger partial charge < -0.3 is 4.74 Å². The van der Waals surface area contributed by atoms with Crippen molar-refractivity contribution in [2.24, 2.45) is 0 Å². The van der Waals surface area contributed by atoms with E-state index in [0.29, 0.717) is 5.75 Å². The Morgan fingerprint density at radius 1 is 1.24 bits per heavy atom. The Labute approximate surface area is 119 Å². The summed E-state index contributed by atoms with van der Waals surface area (Å²) in [7, 11) is 2.75. The highest BCUT2D eigenvalue weighted by Gasteiger charge is 2.59. The van der Waals surface area contributed by atoms with Gasteiger partial charge in [0.25, 0.3) is 5.91 Å². The molecular weight excluding hydrogens is 276 g/mol. The molecule has 0 aromatic heterocycles. The van der Waals surface area contributed by atoms with E-state index >= 15 is 0 Å². The van der Waals surface area contributed by atoms with Gasteiger partial charge in [-0.15, -0.1) is 0 Å². The molecule has 0 saturated carbocycles. The first kappa shape index (κ1) is 13.3. The van der Waals surface area contributed by atoms with E-state index in [2.05, 4.69) is 5.32 Å². The van der Waals surface area contributed by atoms with Gasteiger partial charge in [-0.05, 0) is 17.7 Å². The highest BCUT2D eigenvalue weighted by atomic mass is 16.5. The number of nitrogens with zero attached hydrogens (tertiary/aromatic N) is 1. The Bertz CT molecular complexity index is 711. The summed E-state index contributed by atoms with van der Waals surface area (Å²) in [6.07, 6.45) is -0.290. The summed E-state index contributed by atoms with van der Waals surface area (Å²) in [5.74, 6) is -1.99. The number of likely N-dealkylation sites (N-methyl/N-ethyl adjacent to an activating group) is 1. The fourth-order valence-electron chi connectivity index (χ4n) is 2.86. The molecule has 1 N–H and O–H groups in total. The average molecular weight is 288 g/mol. The SMILES string of the molecule is COc1ccc2c(c1)C(=O)N(C)C(=O)C21CC(=O)NC1=O. The Kier molecular flexibility index (Phi) is 2.62. The van der Waals surface area contributed by atoms with Crippen LogP contribution in [-0.4, -0.2) is 42.7 Å². The van der Waals surface area contributed by atoms with Gasteiger partial charge in [0.1, 0.15) is 5.75 Å². The molecule has 1 spiro atoms. The van der Waals surface area contributed by atoms with Gasteiger partial charge in [-0.3, -0.25) is 29.4 Å². The molecule has 7 nitrogen and oxygen atoms in total. The Hall–Kier alpha value is -2.70. The number of imide groups is 2. The lowest BCUT2D eigenvalue weighted by molar-refractivity contribution is -0.140. The third kappa shape index (κ3) is 1.54. The summed E-state index contributed by atoms with van der Waals surface area (Å²) in [6.45, 7) is 0. The molecule has 0 radical (unpaired) electrons. The molecule has 4 amide bonds. The number of rotatable bonds is 1. The first-order chi connectivity index (χ1) is 9.91. The maximum atomic E-state index is 12.5. The van der Waals surface area contributed by atoms with Crippen LogP contribution in [0, 0.1) is 0 Å². The molecule has 1 unspecified atom stereocenters. The Morgan fingerprint density at radius 2 is 1.95 bits per heavy atom. The van der Waals surface area contributed by atoms with Crippen molar-refractivity contribution < 1.29 is 23.9 Å². The van der Waals surface area contributed by atoms with Gasteiger partial charge in [0.05, 0.1) is 13.5 Å². The second-order valence-corrected chi connectivity index (χ2v) is 5.04. The van der Waals surface area contributed by atoms with Crippen molar-refractivity contribution in [3.05, 3.63) is 29.3 Å². The molecule has 1 aromatic carbocycles. The summed E-state index contributed by atoms with van der Waals surface area (Å²) in [5, 5.41) is 2.14. The highest BCUT2D eigenvalue weighted by molar-refractivity contribution is 6.28. The largest absolute Gasteiger partial charge is 0.497 e. The summed E-state index contributed by atoms with van der Waals surface area (Å²) >= 11 is 0. The van der Waals surface area contributed by atoms with Crippen molar-refractivity contribution in [3.63, 3.8) is 0 Å². The fourth-order valence-corrected chi connectivity index (χ4v) is 2.86. The van der Waals surface area contributed by atoms with E-state index in [1.807, 2.05) is 0 Å². The van der Waals surface area contributed by atoms with E-state index in [0.717, 1.165) is 4.90 Å². The van der Waals surface area contributed by atoms with Gasteiger partial charge in [0.15, 0.2) is 5.41 Å². The average Bonchev–Trinajstić information content (AvgIpc) is 2.78. The lowest BCUT2D eigenvalue weighted by Gasteiger charge is -2.35. The number of benzene rings is 1. The van der Waals surface area contributed by atoms with E-state index in [4.69, 9.17) is 4.74 Å². The molecule has 2 aliphatic rings. The zero-order chi connectivity index (χ0) is 15.4. The minimum absolute atomic E-state index is 0.196. The predicted molar refractivity (Wildman–Crippen MR) is 69.5 cm³/mol. The highest BCUT2D eigenvalue weighted by Crippen LogP contribution is 2.41. The van der Waals surface area contributed by atoms with Crippen LogP contribution in [0.3, 0.4) is 0 Å². The maximum Gasteiger partial charge on any atom is 0.260 e. The molecular formula is C14H12N2O5. The molecule has 0 aliphatic carbocycles. The molecule has 21 heavy (non-hydrogen) atoms. The minimum atomic E-state index is -1.65. The summed E-state index contributed by atoms with van der Waals surface area (Å²) in [4.78, 5) is 49.4. The number of carbonyl (C=O) groups is 4. The number of fused-ring (bicyclic) bond motifs is 2. The van der Waals surface area contributed by atoms with Crippen molar-refractivity contribution in [2.45, 2.75) is 11.8 Å². The van der Waals surface area contributed by atoms with Crippen LogP contribution in [0.4, 0.5) is 0 Å². The Morgan fingerprint density at radius 3 is 2.52 bits per heavy atom. The molecule has 2 heterocycles. The number of amides is 4. The molecule has 1 atom stereocenters. The second-order valence-electron chi connectivity index (χ2n) is 5.04. The van der Waals surface area contributed by atoms with Crippen LogP contribution in [0.15, 0.2) is 18.2 Å². The predicted octanol–water partition coefficient (Wildman–Crippen LogP) is -0.408. The smallest absolute Gasteiger partial charge is 0.260 e. The zero-order valence-corrected chi connectivity index (χ0v) is 11.4. The van der Waals surface area contributed by atoms with Gasteiger partial charge in [-0.25, -0.2) is 0 Å². The van der Waals surface area contributed by atoms with Gasteiger partial charge >= 0.3 is 0 Å². The molecule has 108 valence electrons. The summed E-state index contributed by atoms with van der Waals surface area (Å²) in [5.41, 5.74) is -1.21. The first-order valence-corrected chi connectivity index (χ1v) is 6.27. The van der Waals surface area contributed by atoms with Crippen LogP contribution in [0.1, 0.15) is 22.3 Å². The van der Waals surface area contributed by atoms with E-state index < -0.39 is 29.0 Å². The molecule has 1 aromatic rings. The van der Waals surface area contributed by atoms with E-state index in [9.17, 15) is 19.2 Å². The first-order valence-electron chi connectivity index (χ1n) is 6.27. The van der Waals surface area contributed by atoms with Gasteiger partial charge in [-0.2, -0.15) is 0 Å². The molecule has 1 fully saturated rings. The van der Waals surface area contributed by atoms with Crippen LogP contribution in [-0.2, 0) is 19.8 Å². The number of nitrogens with one attached hydrogen (secondary N) is 1. The van der Waals surface area contributed by atoms with Crippen molar-refractivity contribution in [2.75, 3.05) is 14.2 Å². The lowest BCUT2D eigenvalue weighted by Crippen LogP contribution is -2.56. The quantitative estimate of drug-likeness (QED) is 0.560. The zero-order valence-electron chi connectivity index (χ0n) is 11.4. The Balaban J connectivity index is 2.30. The number of methoxy groups -OCH3 is 1. The van der Waals surface area contributed by atoms with Crippen LogP contribution >= 0.6 is 0 Å². The van der Waals surface area contributed by atoms with E-state index in [-0.39, 0.29) is 17.5 Å². The maximum absolute atomic E-state index is 12.5. The third-order valence-corrected chi connectivity index (χ3v) is 3.96. The van der Waals surface area contributed by atoms with Crippen molar-refractivity contribution in [1.29, 1.82) is 0 Å². The van der Waals surface area contributed by atoms with Crippen molar-refractivity contribution in [1.82, 2.24) is 10.2 Å². The number of ether oxygens (including phenoxy) is 1. The summed E-state index contributed by atoms with van der Waals surface area (Å²) in [6, 6.07) is 4.52. The van der Waals surface area contributed by atoms with Gasteiger partial charge in [0, 0.05) is 12.6 Å². The molecule has 1 saturated heterocycles.